The first-order valence-electron chi connectivity index (χ1n) is 9.97. The fraction of sp³-hybridized carbons (Fsp3) is 0.0800. The quantitative estimate of drug-likeness (QED) is 0.386. The van der Waals surface area contributed by atoms with Crippen molar-refractivity contribution in [3.05, 3.63) is 106 Å². The van der Waals surface area contributed by atoms with Gasteiger partial charge in [0, 0.05) is 16.4 Å². The Labute approximate surface area is 199 Å². The molecule has 0 radical (unpaired) electrons. The maximum absolute atomic E-state index is 13.4. The predicted molar refractivity (Wildman–Crippen MR) is 128 cm³/mol. The van der Waals surface area contributed by atoms with Crippen molar-refractivity contribution in [2.24, 2.45) is 0 Å². The minimum Gasteiger partial charge on any atom is -0.321 e. The number of benzene rings is 3. The van der Waals surface area contributed by atoms with Crippen LogP contribution in [-0.4, -0.2) is 17.1 Å². The lowest BCUT2D eigenvalue weighted by Gasteiger charge is -2.18. The van der Waals surface area contributed by atoms with E-state index in [1.807, 2.05) is 24.3 Å². The van der Waals surface area contributed by atoms with Crippen molar-refractivity contribution in [1.29, 1.82) is 5.26 Å². The highest BCUT2D eigenvalue weighted by Gasteiger charge is 2.40. The molecule has 1 atom stereocenters. The van der Waals surface area contributed by atoms with E-state index >= 15 is 0 Å². The zero-order valence-corrected chi connectivity index (χ0v) is 18.7. The third-order valence-corrected chi connectivity index (χ3v) is 6.47. The van der Waals surface area contributed by atoms with E-state index in [1.54, 1.807) is 36.4 Å². The largest absolute Gasteiger partial charge is 0.321 e. The standard InChI is InChI=1S/C25H17ClFN3O2S/c26-17-8-6-16(7-9-17)14-22-24(32)30(20-4-2-1-3-5-20)25(33-22)21(15-28)23(31)29-19-12-10-18(27)11-13-19/h1-13,22H,14H2,(H,29,31)/b25-21-/t22-/m1/s1. The van der Waals surface area contributed by atoms with Gasteiger partial charge in [-0.25, -0.2) is 4.39 Å². The van der Waals surface area contributed by atoms with Gasteiger partial charge in [0.05, 0.1) is 5.25 Å². The fourth-order valence-electron chi connectivity index (χ4n) is 3.36. The summed E-state index contributed by atoms with van der Waals surface area (Å²) in [6.45, 7) is 0. The van der Waals surface area contributed by atoms with Crippen LogP contribution in [0.25, 0.3) is 0 Å². The summed E-state index contributed by atoms with van der Waals surface area (Å²) in [5, 5.41) is 12.8. The number of hydrogen-bond donors (Lipinski definition) is 1. The maximum atomic E-state index is 13.4. The summed E-state index contributed by atoms with van der Waals surface area (Å²) in [5.41, 5.74) is 1.62. The maximum Gasteiger partial charge on any atom is 0.269 e. The molecule has 1 heterocycles. The summed E-state index contributed by atoms with van der Waals surface area (Å²) in [7, 11) is 0. The van der Waals surface area contributed by atoms with Crippen molar-refractivity contribution in [3.8, 4) is 6.07 Å². The Morgan fingerprint density at radius 1 is 1.06 bits per heavy atom. The van der Waals surface area contributed by atoms with Gasteiger partial charge >= 0.3 is 0 Å². The number of rotatable bonds is 5. The molecule has 1 aliphatic rings. The second kappa shape index (κ2) is 9.90. The van der Waals surface area contributed by atoms with E-state index in [2.05, 4.69) is 5.32 Å². The molecule has 0 unspecified atom stereocenters. The topological polar surface area (TPSA) is 73.2 Å². The van der Waals surface area contributed by atoms with Gasteiger partial charge in [-0.05, 0) is 60.5 Å². The summed E-state index contributed by atoms with van der Waals surface area (Å²) in [5.74, 6) is -1.34. The van der Waals surface area contributed by atoms with Crippen molar-refractivity contribution in [2.75, 3.05) is 10.2 Å². The molecule has 0 bridgehead atoms. The fourth-order valence-corrected chi connectivity index (χ4v) is 4.79. The summed E-state index contributed by atoms with van der Waals surface area (Å²) in [6, 6.07) is 23.2. The molecule has 3 aromatic rings. The lowest BCUT2D eigenvalue weighted by atomic mass is 10.1. The van der Waals surface area contributed by atoms with Crippen molar-refractivity contribution in [2.45, 2.75) is 11.7 Å². The molecule has 2 amide bonds. The Kier molecular flexibility index (Phi) is 6.78. The van der Waals surface area contributed by atoms with E-state index < -0.39 is 17.0 Å². The van der Waals surface area contributed by atoms with Crippen LogP contribution >= 0.6 is 23.4 Å². The number of nitrogens with zero attached hydrogens (tertiary/aromatic N) is 2. The van der Waals surface area contributed by atoms with E-state index in [9.17, 15) is 19.2 Å². The van der Waals surface area contributed by atoms with Crippen LogP contribution < -0.4 is 10.2 Å². The molecular weight excluding hydrogens is 461 g/mol. The summed E-state index contributed by atoms with van der Waals surface area (Å²) in [4.78, 5) is 27.7. The third kappa shape index (κ3) is 5.08. The van der Waals surface area contributed by atoms with Gasteiger partial charge < -0.3 is 5.32 Å². The minimum absolute atomic E-state index is 0.194. The molecule has 0 aromatic heterocycles. The van der Waals surface area contributed by atoms with Crippen LogP contribution in [0, 0.1) is 17.1 Å². The Morgan fingerprint density at radius 2 is 1.73 bits per heavy atom. The highest BCUT2D eigenvalue weighted by atomic mass is 35.5. The van der Waals surface area contributed by atoms with Gasteiger partial charge in [-0.1, -0.05) is 53.7 Å². The predicted octanol–water partition coefficient (Wildman–Crippen LogP) is 5.54. The molecule has 33 heavy (non-hydrogen) atoms. The lowest BCUT2D eigenvalue weighted by molar-refractivity contribution is -0.117. The highest BCUT2D eigenvalue weighted by Crippen LogP contribution is 2.42. The number of carbonyl (C=O) groups is 2. The van der Waals surface area contributed by atoms with E-state index in [0.717, 1.165) is 5.56 Å². The first kappa shape index (κ1) is 22.6. The molecule has 5 nitrogen and oxygen atoms in total. The number of amides is 2. The molecule has 0 aliphatic carbocycles. The first-order valence-corrected chi connectivity index (χ1v) is 11.2. The average Bonchev–Trinajstić information content (AvgIpc) is 3.13. The average molecular weight is 478 g/mol. The van der Waals surface area contributed by atoms with Crippen LogP contribution in [0.15, 0.2) is 89.5 Å². The number of thioether (sulfide) groups is 1. The van der Waals surface area contributed by atoms with E-state index in [-0.39, 0.29) is 16.5 Å². The first-order chi connectivity index (χ1) is 16.0. The van der Waals surface area contributed by atoms with E-state index in [0.29, 0.717) is 22.8 Å². The molecule has 164 valence electrons. The van der Waals surface area contributed by atoms with Crippen LogP contribution in [0.5, 0.6) is 0 Å². The van der Waals surface area contributed by atoms with Gasteiger partial charge in [0.1, 0.15) is 22.5 Å². The van der Waals surface area contributed by atoms with Crippen LogP contribution in [0.4, 0.5) is 15.8 Å². The number of halogens is 2. The molecule has 1 saturated heterocycles. The number of carbonyl (C=O) groups excluding carboxylic acids is 2. The van der Waals surface area contributed by atoms with Crippen LogP contribution in [0.2, 0.25) is 5.02 Å². The lowest BCUT2D eigenvalue weighted by Crippen LogP contribution is -2.30. The Hall–Kier alpha value is -3.60. The number of hydrogen-bond acceptors (Lipinski definition) is 4. The second-order valence-corrected chi connectivity index (χ2v) is 8.83. The normalized spacial score (nSPS) is 16.9. The zero-order chi connectivity index (χ0) is 23.4. The molecule has 0 spiro atoms. The number of anilines is 2. The number of para-hydroxylation sites is 1. The van der Waals surface area contributed by atoms with Crippen molar-refractivity contribution >= 4 is 46.6 Å². The molecular formula is C25H17ClFN3O2S. The molecule has 8 heteroatoms. The SMILES string of the molecule is N#C/C(C(=O)Nc1ccc(F)cc1)=C1/S[C@H](Cc2ccc(Cl)cc2)C(=O)N1c1ccccc1. The molecule has 1 N–H and O–H groups in total. The Morgan fingerprint density at radius 3 is 2.36 bits per heavy atom. The summed E-state index contributed by atoms with van der Waals surface area (Å²) >= 11 is 7.14. The minimum atomic E-state index is -0.674. The second-order valence-electron chi connectivity index (χ2n) is 7.20. The third-order valence-electron chi connectivity index (χ3n) is 4.96. The van der Waals surface area contributed by atoms with Crippen molar-refractivity contribution < 1.29 is 14.0 Å². The molecule has 3 aromatic carbocycles. The van der Waals surface area contributed by atoms with Gasteiger partial charge in [-0.2, -0.15) is 5.26 Å². The molecule has 1 fully saturated rings. The van der Waals surface area contributed by atoms with E-state index in [1.165, 1.54) is 40.9 Å². The van der Waals surface area contributed by atoms with Gasteiger partial charge in [0.2, 0.25) is 5.91 Å². The number of nitrogens with one attached hydrogen (secondary N) is 1. The molecule has 0 saturated carbocycles. The van der Waals surface area contributed by atoms with Crippen molar-refractivity contribution in [3.63, 3.8) is 0 Å². The van der Waals surface area contributed by atoms with E-state index in [4.69, 9.17) is 11.6 Å². The van der Waals surface area contributed by atoms with Gasteiger partial charge in [0.25, 0.3) is 5.91 Å². The number of nitriles is 1. The van der Waals surface area contributed by atoms with Crippen LogP contribution in [-0.2, 0) is 16.0 Å². The van der Waals surface area contributed by atoms with Crippen LogP contribution in [0.3, 0.4) is 0 Å². The van der Waals surface area contributed by atoms with Gasteiger partial charge in [0.15, 0.2) is 0 Å². The summed E-state index contributed by atoms with van der Waals surface area (Å²) in [6.07, 6.45) is 0.409. The molecule has 1 aliphatic heterocycles. The highest BCUT2D eigenvalue weighted by molar-refractivity contribution is 8.05. The van der Waals surface area contributed by atoms with Crippen LogP contribution in [0.1, 0.15) is 5.56 Å². The monoisotopic (exact) mass is 477 g/mol. The molecule has 4 rings (SSSR count). The smallest absolute Gasteiger partial charge is 0.269 e. The zero-order valence-electron chi connectivity index (χ0n) is 17.2. The summed E-state index contributed by atoms with van der Waals surface area (Å²) < 4.78 is 13.2. The van der Waals surface area contributed by atoms with Gasteiger partial charge in [-0.3, -0.25) is 14.5 Å². The van der Waals surface area contributed by atoms with Crippen molar-refractivity contribution in [1.82, 2.24) is 0 Å². The van der Waals surface area contributed by atoms with Gasteiger partial charge in [-0.15, -0.1) is 0 Å². The Balaban J connectivity index is 1.70. The Bertz CT molecular complexity index is 1260.